The molecule has 0 fully saturated rings. The molecule has 5 atom stereocenters. The standard InChI is InChI=1S/C79H136O16P2/c1-4-7-10-13-16-19-22-24-26-28-30-32-34-35-36-37-39-41-42-44-46-48-51-53-56-59-62-65-77(82)89-68-74(80)69-91-96(85,86)92-70-75(81)71-93-97(87,88)94-73-76(95-79(84)67-64-61-58-55-50-21-18-15-12-9-6-3)72-90-78(83)66-63-60-57-54-52-49-47-45-43-40-38-33-31-29-27-25-23-20-17-14-11-8-5-2/h7,10,16-17,19-20,24-27,30-33,35-36,39-41,43,74-76,80-81H,4-6,8-9,11-15,18,21-23,28-29,34,37-38,42,44-73H2,1-3H3,(H,85,86)(H,87,88)/b10-7-,19-16-,20-17-,26-24-,27-25-,32-30-,33-31-,36-35-,41-39-,43-40-. The Labute approximate surface area is 589 Å². The van der Waals surface area contributed by atoms with Crippen molar-refractivity contribution in [2.75, 3.05) is 39.6 Å². The number of hydrogen-bond donors (Lipinski definition) is 4. The second-order valence-corrected chi connectivity index (χ2v) is 28.0. The number of allylic oxidation sites excluding steroid dienone is 20. The quantitative estimate of drug-likeness (QED) is 0.0146. The Hall–Kier alpha value is -4.05. The maximum absolute atomic E-state index is 12.9. The van der Waals surface area contributed by atoms with Gasteiger partial charge in [0.15, 0.2) is 6.10 Å². The van der Waals surface area contributed by atoms with Gasteiger partial charge in [-0.05, 0) is 116 Å². The minimum absolute atomic E-state index is 0.103. The third-order valence-electron chi connectivity index (χ3n) is 15.7. The van der Waals surface area contributed by atoms with Crippen molar-refractivity contribution < 1.29 is 75.8 Å². The molecule has 558 valence electrons. The van der Waals surface area contributed by atoms with E-state index in [0.717, 1.165) is 161 Å². The van der Waals surface area contributed by atoms with E-state index in [9.17, 15) is 43.5 Å². The number of phosphoric acid groups is 2. The lowest BCUT2D eigenvalue weighted by Gasteiger charge is -2.21. The van der Waals surface area contributed by atoms with Crippen LogP contribution in [0.4, 0.5) is 0 Å². The summed E-state index contributed by atoms with van der Waals surface area (Å²) in [7, 11) is -9.78. The van der Waals surface area contributed by atoms with Crippen LogP contribution in [0.1, 0.15) is 303 Å². The van der Waals surface area contributed by atoms with E-state index in [0.29, 0.717) is 19.3 Å². The van der Waals surface area contributed by atoms with Crippen molar-refractivity contribution in [3.8, 4) is 0 Å². The minimum atomic E-state index is -4.93. The van der Waals surface area contributed by atoms with Gasteiger partial charge in [-0.2, -0.15) is 0 Å². The fourth-order valence-corrected chi connectivity index (χ4v) is 11.5. The second kappa shape index (κ2) is 71.8. The van der Waals surface area contributed by atoms with Crippen molar-refractivity contribution in [1.82, 2.24) is 0 Å². The summed E-state index contributed by atoms with van der Waals surface area (Å²) in [6.45, 7) is 2.51. The molecule has 5 unspecified atom stereocenters. The molecule has 0 heterocycles. The van der Waals surface area contributed by atoms with Crippen molar-refractivity contribution in [3.63, 3.8) is 0 Å². The van der Waals surface area contributed by atoms with Crippen LogP contribution < -0.4 is 0 Å². The van der Waals surface area contributed by atoms with E-state index in [1.54, 1.807) is 0 Å². The highest BCUT2D eigenvalue weighted by molar-refractivity contribution is 7.47. The van der Waals surface area contributed by atoms with Crippen molar-refractivity contribution in [2.24, 2.45) is 0 Å². The highest BCUT2D eigenvalue weighted by Crippen LogP contribution is 2.45. The first-order valence-electron chi connectivity index (χ1n) is 37.8. The summed E-state index contributed by atoms with van der Waals surface area (Å²) in [4.78, 5) is 58.5. The van der Waals surface area contributed by atoms with Crippen LogP contribution in [0.2, 0.25) is 0 Å². The second-order valence-electron chi connectivity index (χ2n) is 25.1. The van der Waals surface area contributed by atoms with Gasteiger partial charge in [0.25, 0.3) is 0 Å². The molecule has 0 aromatic heterocycles. The fourth-order valence-electron chi connectivity index (χ4n) is 9.91. The number of aliphatic hydroxyl groups excluding tert-OH is 2. The van der Waals surface area contributed by atoms with Crippen LogP contribution in [-0.4, -0.2) is 95.9 Å². The third kappa shape index (κ3) is 73.0. The Morgan fingerprint density at radius 1 is 0.299 bits per heavy atom. The Kier molecular flexibility index (Phi) is 68.8. The first kappa shape index (κ1) is 93.0. The summed E-state index contributed by atoms with van der Waals surface area (Å²) < 4.78 is 61.0. The fraction of sp³-hybridized carbons (Fsp3) is 0.709. The first-order chi connectivity index (χ1) is 47.2. The molecule has 0 aliphatic rings. The lowest BCUT2D eigenvalue weighted by Crippen LogP contribution is -2.30. The lowest BCUT2D eigenvalue weighted by molar-refractivity contribution is -0.161. The maximum atomic E-state index is 12.9. The van der Waals surface area contributed by atoms with Gasteiger partial charge in [0, 0.05) is 19.3 Å². The number of phosphoric ester groups is 2. The number of rotatable bonds is 71. The Morgan fingerprint density at radius 3 is 0.887 bits per heavy atom. The molecular weight excluding hydrogens is 1270 g/mol. The van der Waals surface area contributed by atoms with Crippen molar-refractivity contribution in [2.45, 2.75) is 322 Å². The summed E-state index contributed by atoms with van der Waals surface area (Å²) >= 11 is 0. The highest BCUT2D eigenvalue weighted by Gasteiger charge is 2.29. The molecular formula is C79H136O16P2. The van der Waals surface area contributed by atoms with Gasteiger partial charge in [-0.1, -0.05) is 290 Å². The van der Waals surface area contributed by atoms with Crippen LogP contribution in [0.5, 0.6) is 0 Å². The summed E-state index contributed by atoms with van der Waals surface area (Å²) in [5, 5.41) is 20.6. The lowest BCUT2D eigenvalue weighted by atomic mass is 10.1. The minimum Gasteiger partial charge on any atom is -0.463 e. The Morgan fingerprint density at radius 2 is 0.546 bits per heavy atom. The topological polar surface area (TPSA) is 231 Å². The van der Waals surface area contributed by atoms with Gasteiger partial charge in [0.1, 0.15) is 25.4 Å². The average molecular weight is 1400 g/mol. The molecule has 0 saturated carbocycles. The van der Waals surface area contributed by atoms with Crippen LogP contribution in [0, 0.1) is 0 Å². The number of hydrogen-bond acceptors (Lipinski definition) is 14. The molecule has 0 aliphatic heterocycles. The summed E-state index contributed by atoms with van der Waals surface area (Å²) in [6, 6.07) is 0. The van der Waals surface area contributed by atoms with E-state index in [2.05, 4.69) is 142 Å². The van der Waals surface area contributed by atoms with Gasteiger partial charge in [-0.15, -0.1) is 0 Å². The molecule has 0 radical (unpaired) electrons. The number of aliphatic hydroxyl groups is 2. The number of ether oxygens (including phenoxy) is 3. The van der Waals surface area contributed by atoms with E-state index in [-0.39, 0.29) is 19.3 Å². The van der Waals surface area contributed by atoms with Gasteiger partial charge in [0.05, 0.1) is 26.4 Å². The average Bonchev–Trinajstić information content (AvgIpc) is 1.56. The van der Waals surface area contributed by atoms with Gasteiger partial charge in [-0.3, -0.25) is 32.5 Å². The molecule has 18 heteroatoms. The molecule has 0 amide bonds. The number of esters is 3. The summed E-state index contributed by atoms with van der Waals surface area (Å²) in [6.07, 6.45) is 83.9. The zero-order valence-electron chi connectivity index (χ0n) is 60.7. The number of carbonyl (C=O) groups excluding carboxylic acids is 3. The van der Waals surface area contributed by atoms with Gasteiger partial charge in [-0.25, -0.2) is 9.13 Å². The van der Waals surface area contributed by atoms with E-state index >= 15 is 0 Å². The SMILES string of the molecule is CC/C=C\C/C=C\C/C=C\C/C=C\C/C=C\C/C=C\CCCCCCCCCCC(=O)OCC(O)COP(=O)(O)OCC(O)COP(=O)(O)OCC(COC(=O)CCCCCCCCC/C=C\C/C=C\C/C=C\C/C=C\CCCCC)OC(=O)CCCCCCCCCCCCC. The highest BCUT2D eigenvalue weighted by atomic mass is 31.2. The molecule has 0 aliphatic carbocycles. The molecule has 97 heavy (non-hydrogen) atoms. The summed E-state index contributed by atoms with van der Waals surface area (Å²) in [5.41, 5.74) is 0. The van der Waals surface area contributed by atoms with Crippen LogP contribution in [-0.2, 0) is 55.8 Å². The van der Waals surface area contributed by atoms with Gasteiger partial charge >= 0.3 is 33.6 Å². The van der Waals surface area contributed by atoms with Crippen molar-refractivity contribution in [3.05, 3.63) is 122 Å². The maximum Gasteiger partial charge on any atom is 0.472 e. The smallest absolute Gasteiger partial charge is 0.463 e. The molecule has 0 rings (SSSR count). The molecule has 0 bridgehead atoms. The first-order valence-corrected chi connectivity index (χ1v) is 40.8. The molecule has 0 spiro atoms. The van der Waals surface area contributed by atoms with Crippen LogP contribution >= 0.6 is 15.6 Å². The molecule has 0 aromatic carbocycles. The largest absolute Gasteiger partial charge is 0.472 e. The van der Waals surface area contributed by atoms with Crippen molar-refractivity contribution >= 4 is 33.6 Å². The Balaban J connectivity index is 4.51. The zero-order valence-corrected chi connectivity index (χ0v) is 62.5. The monoisotopic (exact) mass is 1400 g/mol. The van der Waals surface area contributed by atoms with E-state index < -0.39 is 91.5 Å². The Bertz CT molecular complexity index is 2250. The predicted octanol–water partition coefficient (Wildman–Crippen LogP) is 21.8. The van der Waals surface area contributed by atoms with Gasteiger partial charge < -0.3 is 34.2 Å². The van der Waals surface area contributed by atoms with E-state index in [1.807, 2.05) is 0 Å². The zero-order chi connectivity index (χ0) is 70.9. The van der Waals surface area contributed by atoms with Crippen LogP contribution in [0.15, 0.2) is 122 Å². The molecule has 0 saturated heterocycles. The third-order valence-corrected chi connectivity index (χ3v) is 17.6. The van der Waals surface area contributed by atoms with Gasteiger partial charge in [0.2, 0.25) is 0 Å². The van der Waals surface area contributed by atoms with E-state index in [1.165, 1.54) is 83.5 Å². The molecule has 16 nitrogen and oxygen atoms in total. The van der Waals surface area contributed by atoms with Crippen LogP contribution in [0.25, 0.3) is 0 Å². The van der Waals surface area contributed by atoms with Crippen molar-refractivity contribution in [1.29, 1.82) is 0 Å². The molecule has 0 aromatic rings. The predicted molar refractivity (Wildman–Crippen MR) is 399 cm³/mol. The normalized spacial score (nSPS) is 14.8. The molecule has 4 N–H and O–H groups in total. The van der Waals surface area contributed by atoms with E-state index in [4.69, 9.17) is 32.3 Å². The number of carbonyl (C=O) groups is 3. The number of unbranched alkanes of at least 4 members (excludes halogenated alkanes) is 28. The van der Waals surface area contributed by atoms with Crippen LogP contribution in [0.3, 0.4) is 0 Å². The summed E-state index contributed by atoms with van der Waals surface area (Å²) in [5.74, 6) is -1.59.